The molecule has 0 fully saturated rings. The first-order valence-corrected chi connectivity index (χ1v) is 6.26. The van der Waals surface area contributed by atoms with Crippen molar-refractivity contribution < 1.29 is 18.3 Å². The number of ether oxygens (including phenoxy) is 1. The fourth-order valence-electron chi connectivity index (χ4n) is 1.84. The third-order valence-electron chi connectivity index (χ3n) is 2.81. The van der Waals surface area contributed by atoms with Gasteiger partial charge in [0.2, 0.25) is 5.91 Å². The molecular weight excluding hydrogens is 266 g/mol. The van der Waals surface area contributed by atoms with Gasteiger partial charge in [0, 0.05) is 6.54 Å². The van der Waals surface area contributed by atoms with Crippen LogP contribution in [-0.2, 0) is 11.3 Å². The van der Waals surface area contributed by atoms with Crippen molar-refractivity contribution in [3.63, 3.8) is 0 Å². The average Bonchev–Trinajstić information content (AvgIpc) is 2.28. The Hall–Kier alpha value is -1.69. The molecule has 0 aliphatic carbocycles. The van der Waals surface area contributed by atoms with Gasteiger partial charge in [-0.05, 0) is 23.1 Å². The number of nitrogens with one attached hydrogen (secondary N) is 1. The second kappa shape index (κ2) is 6.65. The molecule has 4 nitrogen and oxygen atoms in total. The maximum Gasteiger partial charge on any atom is 0.387 e. The monoisotopic (exact) mass is 286 g/mol. The number of primary amides is 1. The highest BCUT2D eigenvalue weighted by atomic mass is 19.3. The van der Waals surface area contributed by atoms with Crippen molar-refractivity contribution in [1.82, 2.24) is 5.32 Å². The highest BCUT2D eigenvalue weighted by Crippen LogP contribution is 2.20. The lowest BCUT2D eigenvalue weighted by Crippen LogP contribution is -2.49. The molecule has 20 heavy (non-hydrogen) atoms. The highest BCUT2D eigenvalue weighted by molar-refractivity contribution is 5.80. The zero-order valence-corrected chi connectivity index (χ0v) is 11.8. The van der Waals surface area contributed by atoms with Crippen LogP contribution < -0.4 is 15.8 Å². The van der Waals surface area contributed by atoms with E-state index in [9.17, 15) is 13.6 Å². The lowest BCUT2D eigenvalue weighted by atomic mass is 9.86. The van der Waals surface area contributed by atoms with E-state index in [1.54, 1.807) is 12.1 Å². The summed E-state index contributed by atoms with van der Waals surface area (Å²) in [5.41, 5.74) is 5.91. The van der Waals surface area contributed by atoms with E-state index in [0.717, 1.165) is 5.56 Å². The fraction of sp³-hybridized carbons (Fsp3) is 0.500. The Morgan fingerprint density at radius 2 is 1.85 bits per heavy atom. The van der Waals surface area contributed by atoms with Crippen molar-refractivity contribution in [3.05, 3.63) is 29.8 Å². The van der Waals surface area contributed by atoms with E-state index in [-0.39, 0.29) is 11.2 Å². The summed E-state index contributed by atoms with van der Waals surface area (Å²) in [5.74, 6) is -0.318. The Balaban J connectivity index is 2.63. The van der Waals surface area contributed by atoms with Crippen LogP contribution in [0.2, 0.25) is 0 Å². The highest BCUT2D eigenvalue weighted by Gasteiger charge is 2.28. The molecule has 0 radical (unpaired) electrons. The number of alkyl halides is 2. The van der Waals surface area contributed by atoms with Crippen molar-refractivity contribution in [2.75, 3.05) is 0 Å². The van der Waals surface area contributed by atoms with Crippen molar-refractivity contribution >= 4 is 5.91 Å². The van der Waals surface area contributed by atoms with Crippen LogP contribution >= 0.6 is 0 Å². The van der Waals surface area contributed by atoms with Gasteiger partial charge in [-0.1, -0.05) is 32.9 Å². The number of hydrogen-bond acceptors (Lipinski definition) is 3. The molecule has 0 bridgehead atoms. The smallest absolute Gasteiger partial charge is 0.387 e. The van der Waals surface area contributed by atoms with Crippen LogP contribution in [0.4, 0.5) is 8.78 Å². The largest absolute Gasteiger partial charge is 0.435 e. The molecule has 0 aliphatic rings. The Morgan fingerprint density at radius 3 is 2.25 bits per heavy atom. The summed E-state index contributed by atoms with van der Waals surface area (Å²) in [5, 5.41) is 3.07. The van der Waals surface area contributed by atoms with Gasteiger partial charge in [-0.3, -0.25) is 4.79 Å². The molecule has 0 spiro atoms. The zero-order valence-electron chi connectivity index (χ0n) is 11.8. The lowest BCUT2D eigenvalue weighted by molar-refractivity contribution is -0.122. The molecule has 112 valence electrons. The Kier molecular flexibility index (Phi) is 5.44. The molecular formula is C14H20F2N2O2. The second-order valence-electron chi connectivity index (χ2n) is 5.60. The van der Waals surface area contributed by atoms with Gasteiger partial charge in [0.15, 0.2) is 0 Å². The normalized spacial score (nSPS) is 13.3. The summed E-state index contributed by atoms with van der Waals surface area (Å²) in [6.07, 6.45) is 0. The molecule has 0 aromatic heterocycles. The molecule has 0 heterocycles. The third-order valence-corrected chi connectivity index (χ3v) is 2.81. The van der Waals surface area contributed by atoms with Crippen LogP contribution in [0.5, 0.6) is 5.75 Å². The van der Waals surface area contributed by atoms with Gasteiger partial charge >= 0.3 is 6.61 Å². The second-order valence-corrected chi connectivity index (χ2v) is 5.60. The minimum atomic E-state index is -2.83. The Labute approximate surface area is 117 Å². The number of amides is 1. The van der Waals surface area contributed by atoms with Gasteiger partial charge < -0.3 is 15.8 Å². The number of rotatable bonds is 6. The number of carbonyl (C=O) groups is 1. The van der Waals surface area contributed by atoms with Crippen LogP contribution in [0.3, 0.4) is 0 Å². The predicted octanol–water partition coefficient (Wildman–Crippen LogP) is 2.28. The van der Waals surface area contributed by atoms with Crippen molar-refractivity contribution in [2.24, 2.45) is 11.1 Å². The van der Waals surface area contributed by atoms with Crippen LogP contribution in [0.1, 0.15) is 26.3 Å². The summed E-state index contributed by atoms with van der Waals surface area (Å²) < 4.78 is 28.3. The standard InChI is InChI=1S/C14H20F2N2O2/c1-14(2,3)11(12(17)19)18-8-9-4-6-10(7-5-9)20-13(15)16/h4-7,11,13,18H,8H2,1-3H3,(H2,17,19). The van der Waals surface area contributed by atoms with E-state index in [1.807, 2.05) is 20.8 Å². The van der Waals surface area contributed by atoms with Crippen molar-refractivity contribution in [3.8, 4) is 5.75 Å². The molecule has 3 N–H and O–H groups in total. The number of halogens is 2. The molecule has 0 saturated carbocycles. The van der Waals surface area contributed by atoms with Crippen LogP contribution in [0.25, 0.3) is 0 Å². The summed E-state index contributed by atoms with van der Waals surface area (Å²) in [4.78, 5) is 11.4. The van der Waals surface area contributed by atoms with Crippen LogP contribution in [0, 0.1) is 5.41 Å². The van der Waals surface area contributed by atoms with Gasteiger partial charge in [0.05, 0.1) is 6.04 Å². The minimum absolute atomic E-state index is 0.103. The maximum atomic E-state index is 12.0. The fourth-order valence-corrected chi connectivity index (χ4v) is 1.84. The van der Waals surface area contributed by atoms with E-state index in [1.165, 1.54) is 12.1 Å². The Morgan fingerprint density at radius 1 is 1.30 bits per heavy atom. The van der Waals surface area contributed by atoms with E-state index in [2.05, 4.69) is 10.1 Å². The van der Waals surface area contributed by atoms with Crippen molar-refractivity contribution in [2.45, 2.75) is 40.0 Å². The number of benzene rings is 1. The minimum Gasteiger partial charge on any atom is -0.435 e. The quantitative estimate of drug-likeness (QED) is 0.843. The van der Waals surface area contributed by atoms with Gasteiger partial charge in [-0.2, -0.15) is 8.78 Å². The van der Waals surface area contributed by atoms with Gasteiger partial charge in [-0.25, -0.2) is 0 Å². The van der Waals surface area contributed by atoms with Crippen molar-refractivity contribution in [1.29, 1.82) is 0 Å². The molecule has 6 heteroatoms. The molecule has 1 atom stereocenters. The molecule has 1 aromatic rings. The zero-order chi connectivity index (χ0) is 15.3. The predicted molar refractivity (Wildman–Crippen MR) is 72.4 cm³/mol. The molecule has 0 aliphatic heterocycles. The Bertz CT molecular complexity index is 441. The molecule has 1 aromatic carbocycles. The van der Waals surface area contributed by atoms with Gasteiger partial charge in [0.1, 0.15) is 5.75 Å². The van der Waals surface area contributed by atoms with Crippen LogP contribution in [0.15, 0.2) is 24.3 Å². The first-order chi connectivity index (χ1) is 9.20. The van der Waals surface area contributed by atoms with E-state index < -0.39 is 18.6 Å². The summed E-state index contributed by atoms with van der Waals surface area (Å²) in [6.45, 7) is 3.32. The molecule has 1 unspecified atom stereocenters. The molecule has 1 rings (SSSR count). The maximum absolute atomic E-state index is 12.0. The van der Waals surface area contributed by atoms with Gasteiger partial charge in [-0.15, -0.1) is 0 Å². The van der Waals surface area contributed by atoms with Gasteiger partial charge in [0.25, 0.3) is 0 Å². The topological polar surface area (TPSA) is 64.3 Å². The summed E-state index contributed by atoms with van der Waals surface area (Å²) >= 11 is 0. The van der Waals surface area contributed by atoms with E-state index in [0.29, 0.717) is 6.54 Å². The summed E-state index contributed by atoms with van der Waals surface area (Å²) in [7, 11) is 0. The third kappa shape index (κ3) is 5.13. The number of nitrogens with two attached hydrogens (primary N) is 1. The first kappa shape index (κ1) is 16.4. The summed E-state index contributed by atoms with van der Waals surface area (Å²) in [6, 6.07) is 5.76. The molecule has 0 saturated heterocycles. The number of carbonyl (C=O) groups excluding carboxylic acids is 1. The van der Waals surface area contributed by atoms with E-state index in [4.69, 9.17) is 5.73 Å². The van der Waals surface area contributed by atoms with E-state index >= 15 is 0 Å². The average molecular weight is 286 g/mol. The number of hydrogen-bond donors (Lipinski definition) is 2. The van der Waals surface area contributed by atoms with Crippen LogP contribution in [-0.4, -0.2) is 18.6 Å². The lowest BCUT2D eigenvalue weighted by Gasteiger charge is -2.28. The molecule has 1 amide bonds. The first-order valence-electron chi connectivity index (χ1n) is 6.26. The SMILES string of the molecule is CC(C)(C)C(NCc1ccc(OC(F)F)cc1)C(N)=O.